The number of halogens is 1. The van der Waals surface area contributed by atoms with Gasteiger partial charge in [-0.2, -0.15) is 4.98 Å². The Labute approximate surface area is 179 Å². The third kappa shape index (κ3) is 3.26. The highest BCUT2D eigenvalue weighted by Gasteiger charge is 2.26. The SMILES string of the molecule is C[C@@H]1CNc2c(oc3ccc4nc(Oc5nc(Cl)ncc5C(N)=O)ccc4c23)C(=O)N1. The van der Waals surface area contributed by atoms with Gasteiger partial charge in [-0.3, -0.25) is 9.59 Å². The van der Waals surface area contributed by atoms with E-state index >= 15 is 0 Å². The van der Waals surface area contributed by atoms with Crippen LogP contribution in [0, 0.1) is 0 Å². The second-order valence-electron chi connectivity index (χ2n) is 7.04. The van der Waals surface area contributed by atoms with Gasteiger partial charge in [0.2, 0.25) is 22.8 Å². The van der Waals surface area contributed by atoms with E-state index in [9.17, 15) is 9.59 Å². The molecule has 4 aromatic rings. The van der Waals surface area contributed by atoms with Gasteiger partial charge in [0.25, 0.3) is 11.8 Å². The predicted octanol–water partition coefficient (Wildman–Crippen LogP) is 2.86. The number of nitrogens with one attached hydrogen (secondary N) is 2. The van der Waals surface area contributed by atoms with Gasteiger partial charge in [-0.15, -0.1) is 0 Å². The van der Waals surface area contributed by atoms with Crippen molar-refractivity contribution >= 4 is 51.0 Å². The lowest BCUT2D eigenvalue weighted by atomic mass is 10.1. The number of ether oxygens (including phenoxy) is 1. The lowest BCUT2D eigenvalue weighted by molar-refractivity contribution is 0.0919. The Kier molecular flexibility index (Phi) is 4.36. The Morgan fingerprint density at radius 3 is 2.94 bits per heavy atom. The van der Waals surface area contributed by atoms with Crippen LogP contribution in [0.1, 0.15) is 27.8 Å². The number of aromatic nitrogens is 3. The number of amides is 2. The summed E-state index contributed by atoms with van der Waals surface area (Å²) in [5.41, 5.74) is 7.10. The maximum absolute atomic E-state index is 12.5. The fourth-order valence-electron chi connectivity index (χ4n) is 3.46. The lowest BCUT2D eigenvalue weighted by Crippen LogP contribution is -2.34. The molecular formula is C20H15ClN6O4. The van der Waals surface area contributed by atoms with Crippen LogP contribution in [0.25, 0.3) is 21.9 Å². The molecule has 0 bridgehead atoms. The van der Waals surface area contributed by atoms with E-state index in [0.29, 0.717) is 23.3 Å². The van der Waals surface area contributed by atoms with Gasteiger partial charge in [-0.25, -0.2) is 9.97 Å². The van der Waals surface area contributed by atoms with Crippen molar-refractivity contribution in [3.8, 4) is 11.8 Å². The van der Waals surface area contributed by atoms with Crippen molar-refractivity contribution in [2.45, 2.75) is 13.0 Å². The number of fused-ring (bicyclic) bond motifs is 5. The van der Waals surface area contributed by atoms with E-state index in [2.05, 4.69) is 25.6 Å². The molecule has 0 fully saturated rings. The number of primary amides is 1. The second kappa shape index (κ2) is 7.10. The van der Waals surface area contributed by atoms with Crippen molar-refractivity contribution in [2.24, 2.45) is 5.73 Å². The number of nitrogens with two attached hydrogens (primary N) is 1. The number of furan rings is 1. The molecule has 156 valence electrons. The fourth-order valence-corrected chi connectivity index (χ4v) is 3.58. The zero-order valence-electron chi connectivity index (χ0n) is 16.1. The number of pyridine rings is 1. The number of anilines is 1. The molecule has 0 aliphatic carbocycles. The summed E-state index contributed by atoms with van der Waals surface area (Å²) in [7, 11) is 0. The zero-order valence-corrected chi connectivity index (χ0v) is 16.9. The average Bonchev–Trinajstić information content (AvgIpc) is 3.04. The van der Waals surface area contributed by atoms with Crippen LogP contribution in [0.2, 0.25) is 5.28 Å². The van der Waals surface area contributed by atoms with Crippen LogP contribution in [-0.2, 0) is 0 Å². The molecule has 11 heteroatoms. The second-order valence-corrected chi connectivity index (χ2v) is 7.38. The van der Waals surface area contributed by atoms with Crippen molar-refractivity contribution < 1.29 is 18.7 Å². The van der Waals surface area contributed by atoms with E-state index in [4.69, 9.17) is 26.5 Å². The predicted molar refractivity (Wildman–Crippen MR) is 113 cm³/mol. The van der Waals surface area contributed by atoms with Crippen LogP contribution < -0.4 is 21.1 Å². The Hall–Kier alpha value is -3.92. The van der Waals surface area contributed by atoms with Gasteiger partial charge in [0, 0.05) is 30.2 Å². The Morgan fingerprint density at radius 1 is 1.29 bits per heavy atom. The highest BCUT2D eigenvalue weighted by molar-refractivity contribution is 6.28. The Bertz CT molecular complexity index is 1390. The van der Waals surface area contributed by atoms with Crippen LogP contribution in [0.3, 0.4) is 0 Å². The van der Waals surface area contributed by atoms with E-state index in [1.54, 1.807) is 24.3 Å². The van der Waals surface area contributed by atoms with E-state index in [0.717, 1.165) is 10.8 Å². The number of nitrogens with zero attached hydrogens (tertiary/aromatic N) is 3. The van der Waals surface area contributed by atoms with E-state index in [1.807, 2.05) is 6.92 Å². The third-order valence-electron chi connectivity index (χ3n) is 4.86. The van der Waals surface area contributed by atoms with Crippen molar-refractivity contribution in [2.75, 3.05) is 11.9 Å². The molecule has 0 spiro atoms. The molecule has 2 amide bonds. The van der Waals surface area contributed by atoms with Gasteiger partial charge in [0.1, 0.15) is 11.1 Å². The normalized spacial score (nSPS) is 15.8. The van der Waals surface area contributed by atoms with Crippen molar-refractivity contribution in [1.82, 2.24) is 20.3 Å². The van der Waals surface area contributed by atoms with Crippen LogP contribution in [0.4, 0.5) is 5.69 Å². The summed E-state index contributed by atoms with van der Waals surface area (Å²) in [5, 5.41) is 7.57. The molecule has 1 atom stereocenters. The molecule has 0 unspecified atom stereocenters. The standard InChI is InChI=1S/C20H15ClN6O4/c1-8-6-23-15-14-9-2-5-13(31-19-10(17(22)28)7-24-20(21)27-19)26-11(9)3-4-12(14)30-16(15)18(29)25-8/h2-5,7-8,23H,6H2,1H3,(H2,22,28)(H,25,29)/t8-/m1/s1. The molecule has 0 saturated carbocycles. The quantitative estimate of drug-likeness (QED) is 0.414. The largest absolute Gasteiger partial charge is 0.449 e. The molecule has 3 aromatic heterocycles. The summed E-state index contributed by atoms with van der Waals surface area (Å²) in [6.45, 7) is 2.46. The molecule has 1 aromatic carbocycles. The number of carbonyl (C=O) groups excluding carboxylic acids is 2. The first-order valence-corrected chi connectivity index (χ1v) is 9.69. The molecule has 31 heavy (non-hydrogen) atoms. The minimum absolute atomic E-state index is 0.0220. The van der Waals surface area contributed by atoms with Gasteiger partial charge in [0.05, 0.1) is 16.6 Å². The molecule has 1 aliphatic rings. The highest BCUT2D eigenvalue weighted by Crippen LogP contribution is 2.38. The number of hydrogen-bond acceptors (Lipinski definition) is 8. The van der Waals surface area contributed by atoms with Crippen LogP contribution >= 0.6 is 11.6 Å². The molecule has 0 radical (unpaired) electrons. The number of rotatable bonds is 3. The first-order valence-electron chi connectivity index (χ1n) is 9.32. The van der Waals surface area contributed by atoms with Crippen LogP contribution in [-0.4, -0.2) is 39.4 Å². The Morgan fingerprint density at radius 2 is 2.13 bits per heavy atom. The molecule has 1 aliphatic heterocycles. The van der Waals surface area contributed by atoms with Crippen LogP contribution in [0.15, 0.2) is 34.9 Å². The summed E-state index contributed by atoms with van der Waals surface area (Å²) in [6.07, 6.45) is 1.19. The lowest BCUT2D eigenvalue weighted by Gasteiger charge is -2.10. The molecule has 0 saturated heterocycles. The van der Waals surface area contributed by atoms with Crippen molar-refractivity contribution in [3.63, 3.8) is 0 Å². The van der Waals surface area contributed by atoms with Crippen molar-refractivity contribution in [3.05, 3.63) is 47.1 Å². The first kappa shape index (κ1) is 19.1. The van der Waals surface area contributed by atoms with E-state index in [1.165, 1.54) is 6.20 Å². The number of hydrogen-bond donors (Lipinski definition) is 3. The Balaban J connectivity index is 1.61. The zero-order chi connectivity index (χ0) is 21.7. The third-order valence-corrected chi connectivity index (χ3v) is 5.04. The van der Waals surface area contributed by atoms with E-state index in [-0.39, 0.29) is 40.3 Å². The average molecular weight is 439 g/mol. The first-order chi connectivity index (χ1) is 14.9. The minimum Gasteiger partial charge on any atom is -0.449 e. The topological polar surface area (TPSA) is 145 Å². The van der Waals surface area contributed by atoms with Crippen LogP contribution in [0.5, 0.6) is 11.8 Å². The van der Waals surface area contributed by atoms with Gasteiger partial charge >= 0.3 is 0 Å². The minimum atomic E-state index is -0.756. The summed E-state index contributed by atoms with van der Waals surface area (Å²) in [4.78, 5) is 36.2. The smallest absolute Gasteiger partial charge is 0.289 e. The monoisotopic (exact) mass is 438 g/mol. The summed E-state index contributed by atoms with van der Waals surface area (Å²) >= 11 is 5.81. The molecule has 4 N–H and O–H groups in total. The molecular weight excluding hydrogens is 424 g/mol. The van der Waals surface area contributed by atoms with Gasteiger partial charge in [-0.05, 0) is 36.7 Å². The van der Waals surface area contributed by atoms with Gasteiger partial charge in [-0.1, -0.05) is 0 Å². The number of benzene rings is 1. The summed E-state index contributed by atoms with van der Waals surface area (Å²) in [5.74, 6) is -0.713. The summed E-state index contributed by atoms with van der Waals surface area (Å²) in [6, 6.07) is 6.84. The molecule has 10 nitrogen and oxygen atoms in total. The fraction of sp³-hybridized carbons (Fsp3) is 0.150. The molecule has 4 heterocycles. The maximum Gasteiger partial charge on any atom is 0.289 e. The maximum atomic E-state index is 12.5. The number of carbonyl (C=O) groups is 2. The van der Waals surface area contributed by atoms with E-state index < -0.39 is 5.91 Å². The van der Waals surface area contributed by atoms with Crippen molar-refractivity contribution in [1.29, 1.82) is 0 Å². The molecule has 5 rings (SSSR count). The van der Waals surface area contributed by atoms with Gasteiger partial charge in [0.15, 0.2) is 0 Å². The highest BCUT2D eigenvalue weighted by atomic mass is 35.5. The summed E-state index contributed by atoms with van der Waals surface area (Å²) < 4.78 is 11.5. The van der Waals surface area contributed by atoms with Gasteiger partial charge < -0.3 is 25.5 Å².